The van der Waals surface area contributed by atoms with E-state index in [-0.39, 0.29) is 11.9 Å². The first-order chi connectivity index (χ1) is 9.45. The second-order valence-corrected chi connectivity index (χ2v) is 7.08. The SMILES string of the molecule is CC(C)CNC(=O)C(C)Nc1nc2cc(Br)ccc2s1. The first-order valence-corrected chi connectivity index (χ1v) is 8.17. The summed E-state index contributed by atoms with van der Waals surface area (Å²) in [6.07, 6.45) is 0. The Bertz CT molecular complexity index is 611. The van der Waals surface area contributed by atoms with E-state index in [1.54, 1.807) is 11.3 Å². The standard InChI is InChI=1S/C14H18BrN3OS/c1-8(2)7-16-13(19)9(3)17-14-18-11-6-10(15)4-5-12(11)20-14/h4-6,8-9H,7H2,1-3H3,(H,16,19)(H,17,18). The second-order valence-electron chi connectivity index (χ2n) is 5.14. The maximum absolute atomic E-state index is 11.9. The molecule has 1 heterocycles. The van der Waals surface area contributed by atoms with Crippen LogP contribution in [0.4, 0.5) is 5.13 Å². The first kappa shape index (κ1) is 15.3. The molecule has 0 bridgehead atoms. The van der Waals surface area contributed by atoms with Crippen LogP contribution in [0.25, 0.3) is 10.2 Å². The van der Waals surface area contributed by atoms with Crippen molar-refractivity contribution in [3.8, 4) is 0 Å². The van der Waals surface area contributed by atoms with Gasteiger partial charge >= 0.3 is 0 Å². The van der Waals surface area contributed by atoms with Crippen molar-refractivity contribution in [3.63, 3.8) is 0 Å². The molecule has 1 aromatic heterocycles. The lowest BCUT2D eigenvalue weighted by molar-refractivity contribution is -0.121. The van der Waals surface area contributed by atoms with Crippen LogP contribution in [-0.4, -0.2) is 23.5 Å². The minimum absolute atomic E-state index is 0.000799. The van der Waals surface area contributed by atoms with Crippen LogP contribution in [0.3, 0.4) is 0 Å². The van der Waals surface area contributed by atoms with Crippen molar-refractivity contribution in [2.45, 2.75) is 26.8 Å². The van der Waals surface area contributed by atoms with Gasteiger partial charge in [-0.1, -0.05) is 41.1 Å². The second kappa shape index (κ2) is 6.54. The molecule has 1 atom stereocenters. The van der Waals surface area contributed by atoms with Gasteiger partial charge in [0.05, 0.1) is 10.2 Å². The summed E-state index contributed by atoms with van der Waals surface area (Å²) in [4.78, 5) is 16.4. The number of carbonyl (C=O) groups excluding carboxylic acids is 1. The minimum atomic E-state index is -0.294. The van der Waals surface area contributed by atoms with Crippen LogP contribution in [0.2, 0.25) is 0 Å². The molecule has 20 heavy (non-hydrogen) atoms. The third kappa shape index (κ3) is 3.93. The highest BCUT2D eigenvalue weighted by Gasteiger charge is 2.14. The quantitative estimate of drug-likeness (QED) is 0.860. The van der Waals surface area contributed by atoms with Gasteiger partial charge in [0.15, 0.2) is 5.13 Å². The molecule has 0 aliphatic carbocycles. The zero-order valence-corrected chi connectivity index (χ0v) is 14.1. The van der Waals surface area contributed by atoms with E-state index in [0.717, 1.165) is 19.8 Å². The van der Waals surface area contributed by atoms with E-state index in [2.05, 4.69) is 45.4 Å². The average Bonchev–Trinajstić information content (AvgIpc) is 2.76. The number of anilines is 1. The molecule has 0 aliphatic heterocycles. The molecule has 2 rings (SSSR count). The zero-order valence-electron chi connectivity index (χ0n) is 11.7. The Morgan fingerprint density at radius 2 is 2.15 bits per heavy atom. The molecule has 4 nitrogen and oxygen atoms in total. The first-order valence-electron chi connectivity index (χ1n) is 6.56. The number of aromatic nitrogens is 1. The van der Waals surface area contributed by atoms with Crippen LogP contribution in [-0.2, 0) is 4.79 Å². The summed E-state index contributed by atoms with van der Waals surface area (Å²) < 4.78 is 2.11. The molecule has 2 aromatic rings. The molecule has 2 N–H and O–H groups in total. The molecule has 0 saturated carbocycles. The normalized spacial score (nSPS) is 12.7. The number of thiazole rings is 1. The van der Waals surface area contributed by atoms with Crippen molar-refractivity contribution in [1.29, 1.82) is 0 Å². The molecular weight excluding hydrogens is 338 g/mol. The highest BCUT2D eigenvalue weighted by Crippen LogP contribution is 2.28. The number of halogens is 1. The fraction of sp³-hybridized carbons (Fsp3) is 0.429. The molecule has 0 radical (unpaired) electrons. The Morgan fingerprint density at radius 1 is 1.40 bits per heavy atom. The van der Waals surface area contributed by atoms with Crippen molar-refractivity contribution >= 4 is 48.5 Å². The number of carbonyl (C=O) groups is 1. The topological polar surface area (TPSA) is 54.0 Å². The number of hydrogen-bond acceptors (Lipinski definition) is 4. The van der Waals surface area contributed by atoms with Gasteiger partial charge in [-0.3, -0.25) is 4.79 Å². The lowest BCUT2D eigenvalue weighted by Crippen LogP contribution is -2.39. The molecule has 0 saturated heterocycles. The number of rotatable bonds is 5. The molecule has 0 spiro atoms. The summed E-state index contributed by atoms with van der Waals surface area (Å²) in [5.74, 6) is 0.449. The van der Waals surface area contributed by atoms with Gasteiger partial charge in [0.25, 0.3) is 0 Å². The van der Waals surface area contributed by atoms with Gasteiger partial charge < -0.3 is 10.6 Å². The number of benzene rings is 1. The van der Waals surface area contributed by atoms with Crippen LogP contribution in [0.5, 0.6) is 0 Å². The monoisotopic (exact) mass is 355 g/mol. The highest BCUT2D eigenvalue weighted by molar-refractivity contribution is 9.10. The summed E-state index contributed by atoms with van der Waals surface area (Å²) in [6.45, 7) is 6.68. The van der Waals surface area contributed by atoms with Gasteiger partial charge in [0, 0.05) is 11.0 Å². The fourth-order valence-corrected chi connectivity index (χ4v) is 2.95. The van der Waals surface area contributed by atoms with Crippen LogP contribution in [0.15, 0.2) is 22.7 Å². The van der Waals surface area contributed by atoms with Crippen molar-refractivity contribution in [3.05, 3.63) is 22.7 Å². The number of nitrogens with zero attached hydrogens (tertiary/aromatic N) is 1. The van der Waals surface area contributed by atoms with E-state index in [4.69, 9.17) is 0 Å². The van der Waals surface area contributed by atoms with Crippen LogP contribution < -0.4 is 10.6 Å². The predicted octanol–water partition coefficient (Wildman–Crippen LogP) is 3.63. The molecule has 6 heteroatoms. The Balaban J connectivity index is 2.02. The molecular formula is C14H18BrN3OS. The van der Waals surface area contributed by atoms with E-state index in [9.17, 15) is 4.79 Å². The summed E-state index contributed by atoms with van der Waals surface area (Å²) in [5, 5.41) is 6.84. The van der Waals surface area contributed by atoms with Crippen molar-refractivity contribution in [2.75, 3.05) is 11.9 Å². The van der Waals surface area contributed by atoms with E-state index in [1.807, 2.05) is 25.1 Å². The molecule has 0 aliphatic rings. The lowest BCUT2D eigenvalue weighted by Gasteiger charge is -2.14. The average molecular weight is 356 g/mol. The Kier molecular flexibility index (Phi) is 4.99. The fourth-order valence-electron chi connectivity index (χ4n) is 1.67. The van der Waals surface area contributed by atoms with E-state index >= 15 is 0 Å². The molecule has 108 valence electrons. The number of fused-ring (bicyclic) bond motifs is 1. The summed E-state index contributed by atoms with van der Waals surface area (Å²) in [6, 6.07) is 5.69. The third-order valence-electron chi connectivity index (χ3n) is 2.77. The number of nitrogens with one attached hydrogen (secondary N) is 2. The zero-order chi connectivity index (χ0) is 14.7. The van der Waals surface area contributed by atoms with Gasteiger partial charge in [-0.05, 0) is 31.0 Å². The molecule has 1 aromatic carbocycles. The summed E-state index contributed by atoms with van der Waals surface area (Å²) in [7, 11) is 0. The van der Waals surface area contributed by atoms with Gasteiger partial charge in [0.1, 0.15) is 6.04 Å². The van der Waals surface area contributed by atoms with Crippen LogP contribution >= 0.6 is 27.3 Å². The van der Waals surface area contributed by atoms with Gasteiger partial charge in [-0.25, -0.2) is 4.98 Å². The predicted molar refractivity (Wildman–Crippen MR) is 88.3 cm³/mol. The largest absolute Gasteiger partial charge is 0.354 e. The molecule has 1 amide bonds. The maximum Gasteiger partial charge on any atom is 0.242 e. The van der Waals surface area contributed by atoms with Gasteiger partial charge in [-0.15, -0.1) is 0 Å². The Hall–Kier alpha value is -1.14. The molecule has 1 unspecified atom stereocenters. The van der Waals surface area contributed by atoms with E-state index < -0.39 is 0 Å². The number of hydrogen-bond donors (Lipinski definition) is 2. The third-order valence-corrected chi connectivity index (χ3v) is 4.23. The lowest BCUT2D eigenvalue weighted by atomic mass is 10.2. The Morgan fingerprint density at radius 3 is 2.85 bits per heavy atom. The van der Waals surface area contributed by atoms with Crippen molar-refractivity contribution in [1.82, 2.24) is 10.3 Å². The minimum Gasteiger partial charge on any atom is -0.354 e. The Labute approximate surface area is 131 Å². The van der Waals surface area contributed by atoms with Crippen molar-refractivity contribution < 1.29 is 4.79 Å². The van der Waals surface area contributed by atoms with E-state index in [1.165, 1.54) is 0 Å². The van der Waals surface area contributed by atoms with Crippen molar-refractivity contribution in [2.24, 2.45) is 5.92 Å². The molecule has 0 fully saturated rings. The smallest absolute Gasteiger partial charge is 0.242 e. The van der Waals surface area contributed by atoms with E-state index in [0.29, 0.717) is 12.5 Å². The summed E-state index contributed by atoms with van der Waals surface area (Å²) in [5.41, 5.74) is 0.932. The van der Waals surface area contributed by atoms with Crippen LogP contribution in [0, 0.1) is 5.92 Å². The van der Waals surface area contributed by atoms with Gasteiger partial charge in [0.2, 0.25) is 5.91 Å². The van der Waals surface area contributed by atoms with Gasteiger partial charge in [-0.2, -0.15) is 0 Å². The van der Waals surface area contributed by atoms with Crippen LogP contribution in [0.1, 0.15) is 20.8 Å². The number of amides is 1. The summed E-state index contributed by atoms with van der Waals surface area (Å²) >= 11 is 4.98. The maximum atomic E-state index is 11.9. The highest BCUT2D eigenvalue weighted by atomic mass is 79.9.